The van der Waals surface area contributed by atoms with Crippen molar-refractivity contribution in [3.05, 3.63) is 47.5 Å². The lowest BCUT2D eigenvalue weighted by atomic mass is 10.1. The average Bonchev–Trinajstić information content (AvgIpc) is 2.49. The van der Waals surface area contributed by atoms with E-state index in [1.165, 1.54) is 0 Å². The molecule has 0 heterocycles. The fourth-order valence-corrected chi connectivity index (χ4v) is 1.75. The second kappa shape index (κ2) is 9.00. The van der Waals surface area contributed by atoms with Gasteiger partial charge >= 0.3 is 5.97 Å². The third-order valence-electron chi connectivity index (χ3n) is 3.01. The van der Waals surface area contributed by atoms with Crippen LogP contribution in [-0.2, 0) is 16.1 Å². The van der Waals surface area contributed by atoms with Crippen LogP contribution in [0.1, 0.15) is 43.1 Å². The van der Waals surface area contributed by atoms with Gasteiger partial charge in [0.25, 0.3) is 5.91 Å². The molecule has 2 N–H and O–H groups in total. The Labute approximate surface area is 131 Å². The summed E-state index contributed by atoms with van der Waals surface area (Å²) in [7, 11) is 0. The molecule has 1 aromatic rings. The Morgan fingerprint density at radius 3 is 2.41 bits per heavy atom. The molecule has 22 heavy (non-hydrogen) atoms. The maximum atomic E-state index is 12.1. The Bertz CT molecular complexity index is 520. The number of amides is 1. The molecule has 0 saturated carbocycles. The van der Waals surface area contributed by atoms with E-state index in [-0.39, 0.29) is 12.5 Å². The lowest BCUT2D eigenvalue weighted by Gasteiger charge is -2.13. The van der Waals surface area contributed by atoms with Gasteiger partial charge in [0, 0.05) is 5.56 Å². The molecule has 1 unspecified atom stereocenters. The number of carbonyl (C=O) groups is 2. The van der Waals surface area contributed by atoms with Gasteiger partial charge in [0.15, 0.2) is 0 Å². The number of aliphatic carboxylic acids is 1. The average molecular weight is 305 g/mol. The highest BCUT2D eigenvalue weighted by atomic mass is 16.5. The van der Waals surface area contributed by atoms with Crippen LogP contribution in [0.2, 0.25) is 0 Å². The molecule has 120 valence electrons. The molecule has 1 aromatic carbocycles. The number of nitrogens with one attached hydrogen (secondary N) is 1. The molecule has 1 atom stereocenters. The molecule has 0 spiro atoms. The quantitative estimate of drug-likeness (QED) is 0.724. The van der Waals surface area contributed by atoms with Gasteiger partial charge in [-0.1, -0.05) is 24.3 Å². The second-order valence-electron chi connectivity index (χ2n) is 5.23. The van der Waals surface area contributed by atoms with Crippen LogP contribution in [0.3, 0.4) is 0 Å². The van der Waals surface area contributed by atoms with Crippen molar-refractivity contribution in [2.75, 3.05) is 0 Å². The molecule has 5 nitrogen and oxygen atoms in total. The molecular weight excluding hydrogens is 282 g/mol. The zero-order chi connectivity index (χ0) is 16.5. The smallest absolute Gasteiger partial charge is 0.326 e. The summed E-state index contributed by atoms with van der Waals surface area (Å²) in [5.41, 5.74) is 1.40. The lowest BCUT2D eigenvalue weighted by Crippen LogP contribution is -2.40. The van der Waals surface area contributed by atoms with Crippen LogP contribution >= 0.6 is 0 Å². The van der Waals surface area contributed by atoms with Crippen LogP contribution in [0.5, 0.6) is 0 Å². The molecule has 5 heteroatoms. The van der Waals surface area contributed by atoms with Gasteiger partial charge in [0.2, 0.25) is 0 Å². The van der Waals surface area contributed by atoms with E-state index in [2.05, 4.69) is 5.32 Å². The van der Waals surface area contributed by atoms with Gasteiger partial charge in [-0.15, -0.1) is 0 Å². The van der Waals surface area contributed by atoms with Gasteiger partial charge in [-0.3, -0.25) is 4.79 Å². The fourth-order valence-electron chi connectivity index (χ4n) is 1.75. The predicted molar refractivity (Wildman–Crippen MR) is 84.7 cm³/mol. The molecule has 0 fully saturated rings. The van der Waals surface area contributed by atoms with Gasteiger partial charge in [0.1, 0.15) is 6.04 Å². The Balaban J connectivity index is 2.66. The molecule has 0 aliphatic heterocycles. The Kier molecular flexibility index (Phi) is 7.32. The summed E-state index contributed by atoms with van der Waals surface area (Å²) >= 11 is 0. The van der Waals surface area contributed by atoms with E-state index in [1.807, 2.05) is 13.8 Å². The number of rotatable bonds is 8. The number of carboxylic acids is 1. The molecule has 0 saturated heterocycles. The number of carbonyl (C=O) groups excluding carboxylic acids is 1. The van der Waals surface area contributed by atoms with Crippen molar-refractivity contribution in [1.82, 2.24) is 5.32 Å². The summed E-state index contributed by atoms with van der Waals surface area (Å²) < 4.78 is 5.48. The monoisotopic (exact) mass is 305 g/mol. The maximum Gasteiger partial charge on any atom is 0.326 e. The van der Waals surface area contributed by atoms with E-state index in [0.29, 0.717) is 12.2 Å². The van der Waals surface area contributed by atoms with E-state index in [9.17, 15) is 9.59 Å². The number of carboxylic acid groups (broad SMARTS) is 1. The number of hydrogen-bond acceptors (Lipinski definition) is 3. The van der Waals surface area contributed by atoms with Gasteiger partial charge in [-0.05, 0) is 44.9 Å². The minimum atomic E-state index is -1.05. The molecule has 0 radical (unpaired) electrons. The molecule has 1 amide bonds. The van der Waals surface area contributed by atoms with E-state index in [4.69, 9.17) is 9.84 Å². The molecule has 0 aliphatic carbocycles. The van der Waals surface area contributed by atoms with Crippen molar-refractivity contribution in [3.8, 4) is 0 Å². The van der Waals surface area contributed by atoms with E-state index in [1.54, 1.807) is 43.3 Å². The fraction of sp³-hybridized carbons (Fsp3) is 0.412. The van der Waals surface area contributed by atoms with Gasteiger partial charge in [0.05, 0.1) is 12.7 Å². The normalized spacial score (nSPS) is 12.5. The first-order chi connectivity index (χ1) is 10.4. The highest BCUT2D eigenvalue weighted by Crippen LogP contribution is 2.08. The van der Waals surface area contributed by atoms with Crippen molar-refractivity contribution in [2.24, 2.45) is 0 Å². The third kappa shape index (κ3) is 6.10. The summed E-state index contributed by atoms with van der Waals surface area (Å²) in [4.78, 5) is 23.2. The standard InChI is InChI=1S/C17H23NO4/c1-4-5-6-15(17(20)21)18-16(19)14-9-7-13(8-10-14)11-22-12(2)3/h4-5,7-10,12,15H,6,11H2,1-3H3,(H,18,19)(H,20,21)/b5-4+. The van der Waals surface area contributed by atoms with Crippen molar-refractivity contribution in [2.45, 2.75) is 45.9 Å². The number of benzene rings is 1. The maximum absolute atomic E-state index is 12.1. The van der Waals surface area contributed by atoms with Crippen LogP contribution < -0.4 is 5.32 Å². The van der Waals surface area contributed by atoms with E-state index < -0.39 is 17.9 Å². The highest BCUT2D eigenvalue weighted by Gasteiger charge is 2.19. The van der Waals surface area contributed by atoms with Crippen LogP contribution in [0, 0.1) is 0 Å². The summed E-state index contributed by atoms with van der Waals surface area (Å²) in [6, 6.07) is 6.02. The van der Waals surface area contributed by atoms with Gasteiger partial charge < -0.3 is 15.2 Å². The molecule has 0 aliphatic rings. The van der Waals surface area contributed by atoms with Crippen LogP contribution in [-0.4, -0.2) is 29.1 Å². The zero-order valence-corrected chi connectivity index (χ0v) is 13.2. The first-order valence-electron chi connectivity index (χ1n) is 7.29. The summed E-state index contributed by atoms with van der Waals surface area (Å²) in [5.74, 6) is -1.44. The largest absolute Gasteiger partial charge is 0.480 e. The molecule has 0 aromatic heterocycles. The van der Waals surface area contributed by atoms with E-state index in [0.717, 1.165) is 5.56 Å². The number of hydrogen-bond donors (Lipinski definition) is 2. The first-order valence-corrected chi connectivity index (χ1v) is 7.29. The summed E-state index contributed by atoms with van der Waals surface area (Å²) in [5, 5.41) is 11.6. The number of allylic oxidation sites excluding steroid dienone is 1. The van der Waals surface area contributed by atoms with Gasteiger partial charge in [-0.25, -0.2) is 4.79 Å². The van der Waals surface area contributed by atoms with Crippen molar-refractivity contribution >= 4 is 11.9 Å². The summed E-state index contributed by atoms with van der Waals surface area (Å²) in [6.07, 6.45) is 3.88. The van der Waals surface area contributed by atoms with E-state index >= 15 is 0 Å². The second-order valence-corrected chi connectivity index (χ2v) is 5.23. The van der Waals surface area contributed by atoms with Crippen molar-refractivity contribution < 1.29 is 19.4 Å². The molecule has 0 bridgehead atoms. The van der Waals surface area contributed by atoms with Crippen LogP contribution in [0.15, 0.2) is 36.4 Å². The summed E-state index contributed by atoms with van der Waals surface area (Å²) in [6.45, 7) is 6.20. The van der Waals surface area contributed by atoms with Crippen LogP contribution in [0.4, 0.5) is 0 Å². The molecule has 1 rings (SSSR count). The third-order valence-corrected chi connectivity index (χ3v) is 3.01. The van der Waals surface area contributed by atoms with Crippen LogP contribution in [0.25, 0.3) is 0 Å². The Morgan fingerprint density at radius 2 is 1.91 bits per heavy atom. The highest BCUT2D eigenvalue weighted by molar-refractivity contribution is 5.96. The number of ether oxygens (including phenoxy) is 1. The minimum Gasteiger partial charge on any atom is -0.480 e. The topological polar surface area (TPSA) is 75.6 Å². The zero-order valence-electron chi connectivity index (χ0n) is 13.2. The van der Waals surface area contributed by atoms with Gasteiger partial charge in [-0.2, -0.15) is 0 Å². The lowest BCUT2D eigenvalue weighted by molar-refractivity contribution is -0.139. The molecular formula is C17H23NO4. The first kappa shape index (κ1) is 17.9. The van der Waals surface area contributed by atoms with Crippen molar-refractivity contribution in [1.29, 1.82) is 0 Å². The SMILES string of the molecule is C/C=C/CC(NC(=O)c1ccc(COC(C)C)cc1)C(=O)O. The minimum absolute atomic E-state index is 0.144. The Hall–Kier alpha value is -2.14. The van der Waals surface area contributed by atoms with Crippen molar-refractivity contribution in [3.63, 3.8) is 0 Å². The Morgan fingerprint density at radius 1 is 1.27 bits per heavy atom. The predicted octanol–water partition coefficient (Wildman–Crippen LogP) is 2.76.